The molecule has 26 heavy (non-hydrogen) atoms. The predicted molar refractivity (Wildman–Crippen MR) is 107 cm³/mol. The number of rotatable bonds is 9. The molecule has 1 N–H and O–H groups in total. The molecule has 0 aromatic heterocycles. The molecule has 0 fully saturated rings. The SMILES string of the molecule is C=CCOc1ccccc1C(=O)NN=Cc1ccc(N(CC)CC)cc1. The maximum Gasteiger partial charge on any atom is 0.275 e. The number of benzene rings is 2. The van der Waals surface area contributed by atoms with Crippen molar-refractivity contribution in [1.82, 2.24) is 5.43 Å². The maximum absolute atomic E-state index is 12.3. The molecule has 2 aromatic carbocycles. The van der Waals surface area contributed by atoms with E-state index in [0.717, 1.165) is 18.7 Å². The lowest BCUT2D eigenvalue weighted by atomic mass is 10.2. The topological polar surface area (TPSA) is 53.9 Å². The van der Waals surface area contributed by atoms with E-state index in [1.54, 1.807) is 30.5 Å². The molecular weight excluding hydrogens is 326 g/mol. The van der Waals surface area contributed by atoms with Crippen LogP contribution in [-0.2, 0) is 0 Å². The molecule has 0 aliphatic carbocycles. The Morgan fingerprint density at radius 1 is 1.15 bits per heavy atom. The van der Waals surface area contributed by atoms with Gasteiger partial charge in [-0.1, -0.05) is 36.9 Å². The Hall–Kier alpha value is -3.08. The number of carbonyl (C=O) groups is 1. The Labute approximate surface area is 155 Å². The zero-order valence-electron chi connectivity index (χ0n) is 15.3. The fourth-order valence-electron chi connectivity index (χ4n) is 2.51. The van der Waals surface area contributed by atoms with Gasteiger partial charge in [0.25, 0.3) is 5.91 Å². The molecule has 0 aliphatic rings. The molecule has 1 amide bonds. The number of nitrogens with one attached hydrogen (secondary N) is 1. The number of hydrazone groups is 1. The summed E-state index contributed by atoms with van der Waals surface area (Å²) in [5.74, 6) is 0.185. The number of carbonyl (C=O) groups excluding carboxylic acids is 1. The van der Waals surface area contributed by atoms with Gasteiger partial charge in [0, 0.05) is 18.8 Å². The third-order valence-corrected chi connectivity index (χ3v) is 3.89. The second-order valence-electron chi connectivity index (χ2n) is 5.56. The van der Waals surface area contributed by atoms with Crippen molar-refractivity contribution in [2.24, 2.45) is 5.10 Å². The van der Waals surface area contributed by atoms with Crippen molar-refractivity contribution in [3.63, 3.8) is 0 Å². The van der Waals surface area contributed by atoms with Gasteiger partial charge in [0.1, 0.15) is 12.4 Å². The summed E-state index contributed by atoms with van der Waals surface area (Å²) >= 11 is 0. The van der Waals surface area contributed by atoms with Gasteiger partial charge >= 0.3 is 0 Å². The van der Waals surface area contributed by atoms with Gasteiger partial charge in [0.15, 0.2) is 0 Å². The molecule has 5 heteroatoms. The van der Waals surface area contributed by atoms with Gasteiger partial charge in [-0.25, -0.2) is 5.43 Å². The Morgan fingerprint density at radius 2 is 1.85 bits per heavy atom. The minimum atomic E-state index is -0.319. The van der Waals surface area contributed by atoms with Crippen molar-refractivity contribution in [2.75, 3.05) is 24.6 Å². The summed E-state index contributed by atoms with van der Waals surface area (Å²) in [4.78, 5) is 14.6. The van der Waals surface area contributed by atoms with Crippen LogP contribution in [-0.4, -0.2) is 31.8 Å². The lowest BCUT2D eigenvalue weighted by Gasteiger charge is -2.20. The second-order valence-corrected chi connectivity index (χ2v) is 5.56. The van der Waals surface area contributed by atoms with Crippen LogP contribution in [0.3, 0.4) is 0 Å². The largest absolute Gasteiger partial charge is 0.489 e. The minimum Gasteiger partial charge on any atom is -0.489 e. The normalized spacial score (nSPS) is 10.5. The van der Waals surface area contributed by atoms with Gasteiger partial charge in [0.2, 0.25) is 0 Å². The lowest BCUT2D eigenvalue weighted by Crippen LogP contribution is -2.21. The molecule has 0 unspecified atom stereocenters. The van der Waals surface area contributed by atoms with Crippen LogP contribution in [0, 0.1) is 0 Å². The summed E-state index contributed by atoms with van der Waals surface area (Å²) in [5.41, 5.74) is 5.06. The highest BCUT2D eigenvalue weighted by Gasteiger charge is 2.10. The lowest BCUT2D eigenvalue weighted by molar-refractivity contribution is 0.0951. The van der Waals surface area contributed by atoms with E-state index in [1.807, 2.05) is 18.2 Å². The Bertz CT molecular complexity index is 750. The monoisotopic (exact) mass is 351 g/mol. The van der Waals surface area contributed by atoms with Gasteiger partial charge < -0.3 is 9.64 Å². The van der Waals surface area contributed by atoms with Crippen LogP contribution in [0.25, 0.3) is 0 Å². The van der Waals surface area contributed by atoms with Gasteiger partial charge in [0.05, 0.1) is 11.8 Å². The molecule has 5 nitrogen and oxygen atoms in total. The first-order chi connectivity index (χ1) is 12.7. The summed E-state index contributed by atoms with van der Waals surface area (Å²) in [5, 5.41) is 4.04. The van der Waals surface area contributed by atoms with Crippen LogP contribution in [0.1, 0.15) is 29.8 Å². The molecule has 2 rings (SSSR count). The zero-order chi connectivity index (χ0) is 18.8. The van der Waals surface area contributed by atoms with Gasteiger partial charge in [-0.05, 0) is 43.7 Å². The average molecular weight is 351 g/mol. The van der Waals surface area contributed by atoms with Crippen LogP contribution < -0.4 is 15.1 Å². The molecule has 0 spiro atoms. The third-order valence-electron chi connectivity index (χ3n) is 3.89. The minimum absolute atomic E-state index is 0.319. The van der Waals surface area contributed by atoms with Crippen molar-refractivity contribution < 1.29 is 9.53 Å². The van der Waals surface area contributed by atoms with E-state index in [1.165, 1.54) is 5.69 Å². The van der Waals surface area contributed by atoms with Crippen molar-refractivity contribution in [3.05, 3.63) is 72.3 Å². The highest BCUT2D eigenvalue weighted by atomic mass is 16.5. The fourth-order valence-corrected chi connectivity index (χ4v) is 2.51. The maximum atomic E-state index is 12.3. The second kappa shape index (κ2) is 10.0. The van der Waals surface area contributed by atoms with E-state index in [0.29, 0.717) is 17.9 Å². The molecule has 0 heterocycles. The Morgan fingerprint density at radius 3 is 2.50 bits per heavy atom. The van der Waals surface area contributed by atoms with Crippen molar-refractivity contribution >= 4 is 17.8 Å². The highest BCUT2D eigenvalue weighted by molar-refractivity contribution is 5.97. The van der Waals surface area contributed by atoms with Gasteiger partial charge in [-0.15, -0.1) is 0 Å². The molecule has 136 valence electrons. The molecule has 0 atom stereocenters. The van der Waals surface area contributed by atoms with Crippen LogP contribution >= 0.6 is 0 Å². The molecular formula is C21H25N3O2. The van der Waals surface area contributed by atoms with Crippen LogP contribution in [0.2, 0.25) is 0 Å². The average Bonchev–Trinajstić information content (AvgIpc) is 2.68. The zero-order valence-corrected chi connectivity index (χ0v) is 15.3. The van der Waals surface area contributed by atoms with Crippen LogP contribution in [0.5, 0.6) is 5.75 Å². The van der Waals surface area contributed by atoms with Gasteiger partial charge in [-0.2, -0.15) is 5.10 Å². The first-order valence-electron chi connectivity index (χ1n) is 8.70. The van der Waals surface area contributed by atoms with E-state index >= 15 is 0 Å². The van der Waals surface area contributed by atoms with Crippen molar-refractivity contribution in [2.45, 2.75) is 13.8 Å². The number of nitrogens with zero attached hydrogens (tertiary/aromatic N) is 2. The standard InChI is InChI=1S/C21H25N3O2/c1-4-15-26-20-10-8-7-9-19(20)21(25)23-22-16-17-11-13-18(14-12-17)24(5-2)6-3/h4,7-14,16H,1,5-6,15H2,2-3H3,(H,23,25). The van der Waals surface area contributed by atoms with Crippen molar-refractivity contribution in [1.29, 1.82) is 0 Å². The van der Waals surface area contributed by atoms with Crippen LogP contribution in [0.15, 0.2) is 66.3 Å². The summed E-state index contributed by atoms with van der Waals surface area (Å²) in [7, 11) is 0. The van der Waals surface area contributed by atoms with E-state index in [4.69, 9.17) is 4.74 Å². The first-order valence-corrected chi connectivity index (χ1v) is 8.70. The van der Waals surface area contributed by atoms with Crippen molar-refractivity contribution in [3.8, 4) is 5.75 Å². The molecule has 2 aromatic rings. The molecule has 0 saturated carbocycles. The summed E-state index contributed by atoms with van der Waals surface area (Å²) < 4.78 is 5.49. The molecule has 0 aliphatic heterocycles. The highest BCUT2D eigenvalue weighted by Crippen LogP contribution is 2.18. The van der Waals surface area contributed by atoms with Crippen LogP contribution in [0.4, 0.5) is 5.69 Å². The van der Waals surface area contributed by atoms with E-state index in [9.17, 15) is 4.79 Å². The smallest absolute Gasteiger partial charge is 0.275 e. The van der Waals surface area contributed by atoms with E-state index in [-0.39, 0.29) is 5.91 Å². The number of para-hydroxylation sites is 1. The van der Waals surface area contributed by atoms with E-state index in [2.05, 4.69) is 48.0 Å². The number of hydrogen-bond acceptors (Lipinski definition) is 4. The molecule has 0 radical (unpaired) electrons. The number of hydrogen-bond donors (Lipinski definition) is 1. The Kier molecular flexibility index (Phi) is 7.43. The number of anilines is 1. The summed E-state index contributed by atoms with van der Waals surface area (Å²) in [6.07, 6.45) is 3.26. The quantitative estimate of drug-likeness (QED) is 0.424. The van der Waals surface area contributed by atoms with E-state index < -0.39 is 0 Å². The molecule has 0 saturated heterocycles. The predicted octanol–water partition coefficient (Wildman–Crippen LogP) is 3.86. The number of ether oxygens (including phenoxy) is 1. The third kappa shape index (κ3) is 5.21. The molecule has 0 bridgehead atoms. The summed E-state index contributed by atoms with van der Waals surface area (Å²) in [6, 6.07) is 15.1. The fraction of sp³-hybridized carbons (Fsp3) is 0.238. The Balaban J connectivity index is 2.00. The first kappa shape index (κ1) is 19.2. The summed E-state index contributed by atoms with van der Waals surface area (Å²) in [6.45, 7) is 10.1. The number of amides is 1. The van der Waals surface area contributed by atoms with Gasteiger partial charge in [-0.3, -0.25) is 4.79 Å².